The fourth-order valence-electron chi connectivity index (χ4n) is 5.59. The number of ether oxygens (including phenoxy) is 2. The van der Waals surface area contributed by atoms with E-state index < -0.39 is 17.7 Å². The molecule has 0 spiro atoms. The molecule has 3 aromatic carbocycles. The molecule has 4 aromatic rings. The Morgan fingerprint density at radius 1 is 0.897 bits per heavy atom. The molecule has 0 saturated carbocycles. The van der Waals surface area contributed by atoms with Crippen molar-refractivity contribution < 1.29 is 27.4 Å². The van der Waals surface area contributed by atoms with Crippen LogP contribution in [-0.4, -0.2) is 53.7 Å². The van der Waals surface area contributed by atoms with E-state index in [0.29, 0.717) is 31.7 Å². The van der Waals surface area contributed by atoms with Crippen LogP contribution in [0.2, 0.25) is 0 Å². The van der Waals surface area contributed by atoms with Gasteiger partial charge in [-0.05, 0) is 41.0 Å². The zero-order valence-electron chi connectivity index (χ0n) is 21.2. The number of amides is 1. The second kappa shape index (κ2) is 10.3. The Morgan fingerprint density at radius 3 is 2.46 bits per heavy atom. The van der Waals surface area contributed by atoms with Crippen LogP contribution in [0.25, 0.3) is 10.9 Å². The zero-order chi connectivity index (χ0) is 27.0. The second-order valence-corrected chi connectivity index (χ2v) is 9.98. The van der Waals surface area contributed by atoms with Crippen molar-refractivity contribution >= 4 is 16.8 Å². The summed E-state index contributed by atoms with van der Waals surface area (Å²) in [4.78, 5) is 20.8. The second-order valence-electron chi connectivity index (χ2n) is 9.98. The minimum Gasteiger partial charge on any atom is -0.454 e. The van der Waals surface area contributed by atoms with Gasteiger partial charge in [0.1, 0.15) is 0 Å². The molecule has 1 unspecified atom stereocenters. The number of nitrogens with zero attached hydrogens (tertiary/aromatic N) is 2. The molecule has 202 valence electrons. The summed E-state index contributed by atoms with van der Waals surface area (Å²) in [6.45, 7) is 3.34. The number of halogens is 3. The van der Waals surface area contributed by atoms with Crippen LogP contribution in [-0.2, 0) is 17.5 Å². The Bertz CT molecular complexity index is 1490. The highest BCUT2D eigenvalue weighted by Crippen LogP contribution is 2.41. The largest absolute Gasteiger partial charge is 0.454 e. The van der Waals surface area contributed by atoms with Crippen LogP contribution < -0.4 is 9.47 Å². The molecule has 0 bridgehead atoms. The van der Waals surface area contributed by atoms with E-state index in [1.807, 2.05) is 42.5 Å². The molecule has 0 aliphatic carbocycles. The van der Waals surface area contributed by atoms with Crippen LogP contribution in [0.5, 0.6) is 11.5 Å². The highest BCUT2D eigenvalue weighted by molar-refractivity contribution is 5.86. The van der Waals surface area contributed by atoms with Gasteiger partial charge in [-0.3, -0.25) is 9.69 Å². The van der Waals surface area contributed by atoms with Crippen molar-refractivity contribution in [3.63, 3.8) is 0 Å². The summed E-state index contributed by atoms with van der Waals surface area (Å²) in [5.41, 5.74) is 2.03. The average molecular weight is 536 g/mol. The molecule has 6 rings (SSSR count). The number of aromatic nitrogens is 1. The standard InChI is InChI=1S/C30H28F3N3O3/c31-30(32,33)25-7-3-1-5-21(25)23(24-17-34-26-8-4-2-6-22(24)26)16-29(37)36-13-11-35(12-14-36)18-20-9-10-27-28(15-20)39-19-38-27/h1-10,15,17,23,34H,11-14,16,18-19H2. The molecule has 1 aromatic heterocycles. The first-order valence-electron chi connectivity index (χ1n) is 13.0. The first-order chi connectivity index (χ1) is 18.9. The lowest BCUT2D eigenvalue weighted by Crippen LogP contribution is -2.48. The number of carbonyl (C=O) groups excluding carboxylic acids is 1. The molecule has 39 heavy (non-hydrogen) atoms. The molecule has 0 radical (unpaired) electrons. The van der Waals surface area contributed by atoms with Gasteiger partial charge in [0, 0.05) is 62.2 Å². The van der Waals surface area contributed by atoms with Crippen LogP contribution in [0.15, 0.2) is 72.9 Å². The molecule has 1 N–H and O–H groups in total. The molecule has 1 amide bonds. The van der Waals surface area contributed by atoms with E-state index in [1.54, 1.807) is 17.2 Å². The van der Waals surface area contributed by atoms with E-state index in [4.69, 9.17) is 9.47 Å². The predicted octanol–water partition coefficient (Wildman–Crippen LogP) is 5.78. The summed E-state index contributed by atoms with van der Waals surface area (Å²) in [7, 11) is 0. The van der Waals surface area contributed by atoms with Gasteiger partial charge in [0.25, 0.3) is 0 Å². The number of fused-ring (bicyclic) bond motifs is 2. The molecule has 9 heteroatoms. The highest BCUT2D eigenvalue weighted by Gasteiger charge is 2.37. The Balaban J connectivity index is 1.20. The normalized spacial score (nSPS) is 16.5. The van der Waals surface area contributed by atoms with E-state index in [0.717, 1.165) is 40.6 Å². The number of nitrogens with one attached hydrogen (secondary N) is 1. The average Bonchev–Trinajstić information content (AvgIpc) is 3.58. The minimum atomic E-state index is -4.52. The zero-order valence-corrected chi connectivity index (χ0v) is 21.2. The molecule has 2 aliphatic heterocycles. The topological polar surface area (TPSA) is 57.8 Å². The molecule has 1 fully saturated rings. The third-order valence-electron chi connectivity index (χ3n) is 7.59. The van der Waals surface area contributed by atoms with Crippen LogP contribution in [0, 0.1) is 0 Å². The monoisotopic (exact) mass is 535 g/mol. The van der Waals surface area contributed by atoms with Crippen molar-refractivity contribution in [2.75, 3.05) is 33.0 Å². The maximum atomic E-state index is 14.0. The van der Waals surface area contributed by atoms with Crippen molar-refractivity contribution in [2.24, 2.45) is 0 Å². The fourth-order valence-corrected chi connectivity index (χ4v) is 5.59. The number of para-hydroxylation sites is 1. The molecule has 3 heterocycles. The molecule has 1 atom stereocenters. The highest BCUT2D eigenvalue weighted by atomic mass is 19.4. The summed E-state index contributed by atoms with van der Waals surface area (Å²) in [5.74, 6) is 0.595. The van der Waals surface area contributed by atoms with Crippen LogP contribution in [0.3, 0.4) is 0 Å². The first kappa shape index (κ1) is 25.3. The maximum absolute atomic E-state index is 14.0. The van der Waals surface area contributed by atoms with Gasteiger partial charge in [-0.2, -0.15) is 13.2 Å². The van der Waals surface area contributed by atoms with E-state index >= 15 is 0 Å². The Morgan fingerprint density at radius 2 is 1.64 bits per heavy atom. The van der Waals surface area contributed by atoms with Gasteiger partial charge in [-0.15, -0.1) is 0 Å². The third-order valence-corrected chi connectivity index (χ3v) is 7.59. The van der Waals surface area contributed by atoms with Gasteiger partial charge in [0.05, 0.1) is 5.56 Å². The predicted molar refractivity (Wildman–Crippen MR) is 141 cm³/mol. The van der Waals surface area contributed by atoms with E-state index in [1.165, 1.54) is 12.1 Å². The van der Waals surface area contributed by atoms with Crippen molar-refractivity contribution in [1.29, 1.82) is 0 Å². The Kier molecular flexibility index (Phi) is 6.68. The number of H-pyrrole nitrogens is 1. The van der Waals surface area contributed by atoms with Crippen molar-refractivity contribution in [2.45, 2.75) is 25.1 Å². The minimum absolute atomic E-state index is 0.0445. The summed E-state index contributed by atoms with van der Waals surface area (Å²) in [6, 6.07) is 19.0. The van der Waals surface area contributed by atoms with Crippen molar-refractivity contribution in [3.8, 4) is 11.5 Å². The third kappa shape index (κ3) is 5.18. The Hall–Kier alpha value is -3.98. The van der Waals surface area contributed by atoms with Crippen LogP contribution in [0.1, 0.15) is 34.6 Å². The molecule has 2 aliphatic rings. The van der Waals surface area contributed by atoms with Gasteiger partial charge >= 0.3 is 6.18 Å². The maximum Gasteiger partial charge on any atom is 0.416 e. The molecule has 1 saturated heterocycles. The quantitative estimate of drug-likeness (QED) is 0.340. The number of piperazine rings is 1. The smallest absolute Gasteiger partial charge is 0.416 e. The number of alkyl halides is 3. The van der Waals surface area contributed by atoms with Gasteiger partial charge in [0.15, 0.2) is 11.5 Å². The first-order valence-corrected chi connectivity index (χ1v) is 13.0. The lowest BCUT2D eigenvalue weighted by molar-refractivity contribution is -0.139. The lowest BCUT2D eigenvalue weighted by atomic mass is 9.85. The fraction of sp³-hybridized carbons (Fsp3) is 0.300. The van der Waals surface area contributed by atoms with Gasteiger partial charge in [-0.1, -0.05) is 42.5 Å². The summed E-state index contributed by atoms with van der Waals surface area (Å²) >= 11 is 0. The SMILES string of the molecule is O=C(CC(c1ccccc1C(F)(F)F)c1c[nH]c2ccccc12)N1CCN(Cc2ccc3c(c2)OCO3)CC1. The van der Waals surface area contributed by atoms with E-state index in [9.17, 15) is 18.0 Å². The number of rotatable bonds is 6. The number of hydrogen-bond donors (Lipinski definition) is 1. The summed E-state index contributed by atoms with van der Waals surface area (Å²) in [5, 5.41) is 0.820. The van der Waals surface area contributed by atoms with E-state index in [2.05, 4.69) is 9.88 Å². The van der Waals surface area contributed by atoms with Gasteiger partial charge in [0.2, 0.25) is 12.7 Å². The Labute approximate surface area is 223 Å². The number of benzene rings is 3. The van der Waals surface area contributed by atoms with Gasteiger partial charge in [-0.25, -0.2) is 0 Å². The number of hydrogen-bond acceptors (Lipinski definition) is 4. The van der Waals surface area contributed by atoms with Crippen LogP contribution >= 0.6 is 0 Å². The lowest BCUT2D eigenvalue weighted by Gasteiger charge is -2.35. The van der Waals surface area contributed by atoms with Crippen molar-refractivity contribution in [3.05, 3.63) is 95.2 Å². The summed E-state index contributed by atoms with van der Waals surface area (Å²) in [6.07, 6.45) is -2.83. The van der Waals surface area contributed by atoms with E-state index in [-0.39, 0.29) is 24.7 Å². The molecular weight excluding hydrogens is 507 g/mol. The molecular formula is C30H28F3N3O3. The molecule has 6 nitrogen and oxygen atoms in total. The number of carbonyl (C=O) groups is 1. The summed E-state index contributed by atoms with van der Waals surface area (Å²) < 4.78 is 52.9. The van der Waals surface area contributed by atoms with Crippen molar-refractivity contribution in [1.82, 2.24) is 14.8 Å². The van der Waals surface area contributed by atoms with Crippen LogP contribution in [0.4, 0.5) is 13.2 Å². The van der Waals surface area contributed by atoms with Gasteiger partial charge < -0.3 is 19.4 Å². The number of aromatic amines is 1.